The summed E-state index contributed by atoms with van der Waals surface area (Å²) >= 11 is 0. The van der Waals surface area contributed by atoms with Gasteiger partial charge in [-0.2, -0.15) is 0 Å². The number of fused-ring (bicyclic) bond motifs is 1. The number of para-hydroxylation sites is 1. The highest BCUT2D eigenvalue weighted by molar-refractivity contribution is 6.07. The number of hydrogen-bond donors (Lipinski definition) is 1. The highest BCUT2D eigenvalue weighted by Crippen LogP contribution is 2.28. The maximum Gasteiger partial charge on any atom is 0.254 e. The van der Waals surface area contributed by atoms with E-state index >= 15 is 0 Å². The van der Waals surface area contributed by atoms with Crippen LogP contribution in [0.25, 0.3) is 22.2 Å². The lowest BCUT2D eigenvalue weighted by Gasteiger charge is -2.18. The fraction of sp³-hybridized carbons (Fsp3) is 0.238. The summed E-state index contributed by atoms with van der Waals surface area (Å²) in [5, 5.41) is 9.96. The molecule has 0 radical (unpaired) electrons. The summed E-state index contributed by atoms with van der Waals surface area (Å²) < 4.78 is 0. The third-order valence-electron chi connectivity index (χ3n) is 4.39. The van der Waals surface area contributed by atoms with Crippen LogP contribution in [0.3, 0.4) is 0 Å². The Morgan fingerprint density at radius 3 is 2.60 bits per heavy atom. The second-order valence-electron chi connectivity index (χ2n) is 6.34. The van der Waals surface area contributed by atoms with E-state index in [0.29, 0.717) is 12.1 Å². The number of nitrogens with zero attached hydrogens (tertiary/aromatic N) is 2. The van der Waals surface area contributed by atoms with Gasteiger partial charge in [0, 0.05) is 24.5 Å². The molecule has 0 fully saturated rings. The minimum atomic E-state index is -0.112. The van der Waals surface area contributed by atoms with Crippen molar-refractivity contribution in [2.24, 2.45) is 0 Å². The van der Waals surface area contributed by atoms with Crippen molar-refractivity contribution in [2.45, 2.75) is 13.8 Å². The zero-order valence-electron chi connectivity index (χ0n) is 14.8. The van der Waals surface area contributed by atoms with E-state index < -0.39 is 0 Å². The van der Waals surface area contributed by atoms with E-state index in [1.807, 2.05) is 36.4 Å². The van der Waals surface area contributed by atoms with Gasteiger partial charge in [-0.15, -0.1) is 0 Å². The lowest BCUT2D eigenvalue weighted by molar-refractivity contribution is 0.0769. The summed E-state index contributed by atoms with van der Waals surface area (Å²) in [6.07, 6.45) is 0. The Kier molecular flexibility index (Phi) is 4.81. The van der Waals surface area contributed by atoms with Crippen LogP contribution in [-0.2, 0) is 0 Å². The zero-order chi connectivity index (χ0) is 18.0. The van der Waals surface area contributed by atoms with Crippen LogP contribution in [0.5, 0.6) is 0 Å². The van der Waals surface area contributed by atoms with Gasteiger partial charge in [-0.25, -0.2) is 4.98 Å². The van der Waals surface area contributed by atoms with E-state index in [1.54, 1.807) is 7.05 Å². The van der Waals surface area contributed by atoms with Gasteiger partial charge in [0.2, 0.25) is 0 Å². The number of aromatic nitrogens is 1. The molecule has 0 aliphatic heterocycles. The van der Waals surface area contributed by atoms with Crippen molar-refractivity contribution >= 4 is 16.8 Å². The summed E-state index contributed by atoms with van der Waals surface area (Å²) in [6.45, 7) is 4.35. The van der Waals surface area contributed by atoms with Gasteiger partial charge in [-0.3, -0.25) is 4.79 Å². The molecule has 0 saturated heterocycles. The number of amides is 1. The number of likely N-dealkylation sites (N-methyl/N-ethyl adjacent to an activating group) is 1. The number of benzene rings is 2. The van der Waals surface area contributed by atoms with Gasteiger partial charge in [-0.1, -0.05) is 42.0 Å². The monoisotopic (exact) mass is 334 g/mol. The first-order chi connectivity index (χ1) is 12.0. The number of pyridine rings is 1. The molecule has 0 unspecified atom stereocenters. The zero-order valence-corrected chi connectivity index (χ0v) is 14.8. The van der Waals surface area contributed by atoms with Crippen LogP contribution in [0, 0.1) is 13.8 Å². The molecule has 1 aromatic heterocycles. The molecule has 0 aliphatic rings. The van der Waals surface area contributed by atoms with Crippen LogP contribution in [0.2, 0.25) is 0 Å². The van der Waals surface area contributed by atoms with Crippen molar-refractivity contribution in [3.63, 3.8) is 0 Å². The number of hydrogen-bond acceptors (Lipinski definition) is 3. The number of rotatable bonds is 4. The molecule has 1 heterocycles. The topological polar surface area (TPSA) is 53.4 Å². The smallest absolute Gasteiger partial charge is 0.254 e. The number of aliphatic hydroxyl groups excluding tert-OH is 1. The van der Waals surface area contributed by atoms with Crippen molar-refractivity contribution in [3.05, 3.63) is 65.2 Å². The molecule has 4 nitrogen and oxygen atoms in total. The second kappa shape index (κ2) is 7.03. The van der Waals surface area contributed by atoms with Gasteiger partial charge >= 0.3 is 0 Å². The fourth-order valence-electron chi connectivity index (χ4n) is 3.05. The Morgan fingerprint density at radius 2 is 1.88 bits per heavy atom. The maximum absolute atomic E-state index is 12.9. The van der Waals surface area contributed by atoms with Crippen molar-refractivity contribution in [2.75, 3.05) is 20.2 Å². The minimum absolute atomic E-state index is 0.0603. The molecule has 4 heteroatoms. The van der Waals surface area contributed by atoms with Crippen molar-refractivity contribution in [3.8, 4) is 11.3 Å². The predicted molar refractivity (Wildman–Crippen MR) is 101 cm³/mol. The van der Waals surface area contributed by atoms with Crippen molar-refractivity contribution in [1.29, 1.82) is 0 Å². The Labute approximate surface area is 147 Å². The molecule has 0 bridgehead atoms. The van der Waals surface area contributed by atoms with Crippen LogP contribution in [0.1, 0.15) is 21.5 Å². The van der Waals surface area contributed by atoms with E-state index in [0.717, 1.165) is 27.7 Å². The fourth-order valence-corrected chi connectivity index (χ4v) is 3.05. The van der Waals surface area contributed by atoms with Crippen LogP contribution >= 0.6 is 0 Å². The first-order valence-corrected chi connectivity index (χ1v) is 8.35. The Bertz CT molecular complexity index is 934. The molecule has 3 rings (SSSR count). The Morgan fingerprint density at radius 1 is 1.12 bits per heavy atom. The van der Waals surface area contributed by atoms with E-state index in [9.17, 15) is 4.79 Å². The normalized spacial score (nSPS) is 10.9. The van der Waals surface area contributed by atoms with E-state index in [4.69, 9.17) is 10.1 Å². The molecule has 3 aromatic rings. The lowest BCUT2D eigenvalue weighted by Crippen LogP contribution is -2.29. The second-order valence-corrected chi connectivity index (χ2v) is 6.34. The van der Waals surface area contributed by atoms with Crippen LogP contribution < -0.4 is 0 Å². The number of aliphatic hydroxyl groups is 1. The van der Waals surface area contributed by atoms with Crippen LogP contribution in [0.4, 0.5) is 0 Å². The van der Waals surface area contributed by atoms with Gasteiger partial charge in [0.05, 0.1) is 23.4 Å². The standard InChI is InChI=1S/C21H22N2O2/c1-14-8-9-16(15(2)12-14)20-13-18(21(25)23(3)10-11-24)17-6-4-5-7-19(17)22-20/h4-9,12-13,24H,10-11H2,1-3H3. The Balaban J connectivity index is 2.20. The summed E-state index contributed by atoms with van der Waals surface area (Å²) in [5.41, 5.74) is 5.54. The molecule has 128 valence electrons. The van der Waals surface area contributed by atoms with Crippen LogP contribution in [-0.4, -0.2) is 41.1 Å². The molecular weight excluding hydrogens is 312 g/mol. The molecule has 25 heavy (non-hydrogen) atoms. The summed E-state index contributed by atoms with van der Waals surface area (Å²) in [6, 6.07) is 15.7. The van der Waals surface area contributed by atoms with Gasteiger partial charge in [0.1, 0.15) is 0 Å². The first-order valence-electron chi connectivity index (χ1n) is 8.35. The average molecular weight is 334 g/mol. The summed E-state index contributed by atoms with van der Waals surface area (Å²) in [7, 11) is 1.70. The largest absolute Gasteiger partial charge is 0.395 e. The van der Waals surface area contributed by atoms with E-state index in [2.05, 4.69) is 26.0 Å². The molecule has 0 aliphatic carbocycles. The lowest BCUT2D eigenvalue weighted by atomic mass is 9.99. The number of aryl methyl sites for hydroxylation is 2. The average Bonchev–Trinajstić information content (AvgIpc) is 2.60. The van der Waals surface area contributed by atoms with Gasteiger partial charge < -0.3 is 10.0 Å². The molecule has 0 spiro atoms. The summed E-state index contributed by atoms with van der Waals surface area (Å²) in [5.74, 6) is -0.112. The maximum atomic E-state index is 12.9. The molecule has 1 amide bonds. The third kappa shape index (κ3) is 3.39. The number of carbonyl (C=O) groups is 1. The molecule has 0 atom stereocenters. The van der Waals surface area contributed by atoms with Gasteiger partial charge in [0.25, 0.3) is 5.91 Å². The van der Waals surface area contributed by atoms with Crippen LogP contribution in [0.15, 0.2) is 48.5 Å². The molecule has 2 aromatic carbocycles. The summed E-state index contributed by atoms with van der Waals surface area (Å²) in [4.78, 5) is 19.2. The molecule has 0 saturated carbocycles. The Hall–Kier alpha value is -2.72. The predicted octanol–water partition coefficient (Wildman–Crippen LogP) is 3.58. The van der Waals surface area contributed by atoms with E-state index in [1.165, 1.54) is 10.5 Å². The minimum Gasteiger partial charge on any atom is -0.395 e. The van der Waals surface area contributed by atoms with Crippen molar-refractivity contribution in [1.82, 2.24) is 9.88 Å². The SMILES string of the molecule is Cc1ccc(-c2cc(C(=O)N(C)CCO)c3ccccc3n2)c(C)c1. The third-order valence-corrected chi connectivity index (χ3v) is 4.39. The highest BCUT2D eigenvalue weighted by atomic mass is 16.3. The van der Waals surface area contributed by atoms with Gasteiger partial charge in [-0.05, 0) is 31.5 Å². The van der Waals surface area contributed by atoms with Crippen molar-refractivity contribution < 1.29 is 9.90 Å². The molecular formula is C21H22N2O2. The first kappa shape index (κ1) is 17.1. The number of carbonyl (C=O) groups excluding carboxylic acids is 1. The van der Waals surface area contributed by atoms with Gasteiger partial charge in [0.15, 0.2) is 0 Å². The quantitative estimate of drug-likeness (QED) is 0.793. The van der Waals surface area contributed by atoms with E-state index in [-0.39, 0.29) is 12.5 Å². The molecule has 1 N–H and O–H groups in total. The highest BCUT2D eigenvalue weighted by Gasteiger charge is 2.17.